The lowest BCUT2D eigenvalue weighted by Gasteiger charge is -2.12. The normalized spacial score (nSPS) is 10.6. The number of benzene rings is 1. The smallest absolute Gasteiger partial charge is 0.0701 e. The molecule has 90 valence electrons. The van der Waals surface area contributed by atoms with E-state index in [2.05, 4.69) is 74.6 Å². The largest absolute Gasteiger partial charge is 0.381 e. The van der Waals surface area contributed by atoms with Gasteiger partial charge in [-0.2, -0.15) is 0 Å². The molecule has 1 nitrogen and oxygen atoms in total. The Hall–Kier alpha value is -0.320. The molecule has 0 fully saturated rings. The summed E-state index contributed by atoms with van der Waals surface area (Å²) in [7, 11) is 0. The second kappa shape index (κ2) is 5.55. The van der Waals surface area contributed by atoms with Gasteiger partial charge in [0.1, 0.15) is 0 Å². The third kappa shape index (κ3) is 3.33. The van der Waals surface area contributed by atoms with Crippen molar-refractivity contribution in [3.05, 3.63) is 48.5 Å². The number of hydrogen-bond donors (Lipinski definition) is 1. The van der Waals surface area contributed by atoms with E-state index in [1.165, 1.54) is 26.2 Å². The fourth-order valence-electron chi connectivity index (χ4n) is 1.82. The summed E-state index contributed by atoms with van der Waals surface area (Å²) in [5.74, 6) is 0. The summed E-state index contributed by atoms with van der Waals surface area (Å²) < 4.78 is 2.31. The Bertz CT molecular complexity index is 511. The van der Waals surface area contributed by atoms with Crippen LogP contribution in [0.4, 0.5) is 5.69 Å². The predicted octanol–water partition coefficient (Wildman–Crippen LogP) is 5.50. The van der Waals surface area contributed by atoms with Gasteiger partial charge in [-0.25, -0.2) is 0 Å². The topological polar surface area (TPSA) is 12.0 Å². The molecule has 0 aliphatic heterocycles. The quantitative estimate of drug-likeness (QED) is 0.747. The van der Waals surface area contributed by atoms with Crippen molar-refractivity contribution in [1.82, 2.24) is 0 Å². The Balaban J connectivity index is 2.14. The fourth-order valence-corrected chi connectivity index (χ4v) is 3.71. The SMILES string of the molecule is Cc1cc(Br)cc(C)c1NCc1csc(Br)c1. The molecule has 17 heavy (non-hydrogen) atoms. The molecule has 0 atom stereocenters. The first-order chi connectivity index (χ1) is 8.06. The highest BCUT2D eigenvalue weighted by atomic mass is 79.9. The highest BCUT2D eigenvalue weighted by Gasteiger charge is 2.04. The molecule has 0 unspecified atom stereocenters. The second-order valence-corrected chi connectivity index (χ2v) is 7.23. The molecule has 0 bridgehead atoms. The van der Waals surface area contributed by atoms with E-state index in [9.17, 15) is 0 Å². The van der Waals surface area contributed by atoms with Gasteiger partial charge in [0.25, 0.3) is 0 Å². The summed E-state index contributed by atoms with van der Waals surface area (Å²) >= 11 is 8.72. The van der Waals surface area contributed by atoms with Gasteiger partial charge in [0.05, 0.1) is 3.79 Å². The molecule has 1 aromatic carbocycles. The van der Waals surface area contributed by atoms with E-state index in [1.807, 2.05) is 0 Å². The van der Waals surface area contributed by atoms with E-state index >= 15 is 0 Å². The number of thiophene rings is 1. The lowest BCUT2D eigenvalue weighted by Crippen LogP contribution is -2.02. The Kier molecular flexibility index (Phi) is 4.28. The predicted molar refractivity (Wildman–Crippen MR) is 83.0 cm³/mol. The van der Waals surface area contributed by atoms with Gasteiger partial charge in [-0.15, -0.1) is 11.3 Å². The van der Waals surface area contributed by atoms with Crippen molar-refractivity contribution in [2.45, 2.75) is 20.4 Å². The van der Waals surface area contributed by atoms with Crippen LogP contribution < -0.4 is 5.32 Å². The van der Waals surface area contributed by atoms with Crippen LogP contribution in [0.3, 0.4) is 0 Å². The first-order valence-electron chi connectivity index (χ1n) is 5.30. The molecule has 1 N–H and O–H groups in total. The maximum absolute atomic E-state index is 3.51. The Morgan fingerprint density at radius 2 is 1.76 bits per heavy atom. The Morgan fingerprint density at radius 3 is 2.29 bits per heavy atom. The van der Waals surface area contributed by atoms with Gasteiger partial charge in [-0.1, -0.05) is 15.9 Å². The van der Waals surface area contributed by atoms with Crippen molar-refractivity contribution < 1.29 is 0 Å². The van der Waals surface area contributed by atoms with E-state index in [1.54, 1.807) is 11.3 Å². The van der Waals surface area contributed by atoms with Crippen LogP contribution in [0, 0.1) is 13.8 Å². The molecule has 0 aliphatic rings. The summed E-state index contributed by atoms with van der Waals surface area (Å²) in [5, 5.41) is 5.67. The lowest BCUT2D eigenvalue weighted by atomic mass is 10.1. The zero-order chi connectivity index (χ0) is 12.4. The maximum Gasteiger partial charge on any atom is 0.0701 e. The number of aryl methyl sites for hydroxylation is 2. The zero-order valence-corrected chi connectivity index (χ0v) is 13.7. The molecule has 0 aliphatic carbocycles. The van der Waals surface area contributed by atoms with Gasteiger partial charge in [0.2, 0.25) is 0 Å². The fraction of sp³-hybridized carbons (Fsp3) is 0.231. The third-order valence-electron chi connectivity index (χ3n) is 2.59. The zero-order valence-electron chi connectivity index (χ0n) is 9.68. The minimum atomic E-state index is 0.866. The monoisotopic (exact) mass is 373 g/mol. The third-order valence-corrected chi connectivity index (χ3v) is 4.60. The van der Waals surface area contributed by atoms with Gasteiger partial charge in [-0.3, -0.25) is 0 Å². The molecule has 1 aromatic heterocycles. The van der Waals surface area contributed by atoms with E-state index in [0.717, 1.165) is 11.0 Å². The summed E-state index contributed by atoms with van der Waals surface area (Å²) in [5.41, 5.74) is 5.08. The standard InChI is InChI=1S/C13H13Br2NS/c1-8-3-11(14)4-9(2)13(8)16-6-10-5-12(15)17-7-10/h3-5,7,16H,6H2,1-2H3. The molecule has 0 saturated heterocycles. The van der Waals surface area contributed by atoms with Gasteiger partial charge in [0, 0.05) is 16.7 Å². The summed E-state index contributed by atoms with van der Waals surface area (Å²) in [6, 6.07) is 6.43. The molecular formula is C13H13Br2NS. The number of nitrogens with one attached hydrogen (secondary N) is 1. The van der Waals surface area contributed by atoms with Gasteiger partial charge in [-0.05, 0) is 70.0 Å². The number of halogens is 2. The first kappa shape index (κ1) is 13.1. The van der Waals surface area contributed by atoms with Crippen LogP contribution in [-0.2, 0) is 6.54 Å². The van der Waals surface area contributed by atoms with Crippen LogP contribution in [0.5, 0.6) is 0 Å². The van der Waals surface area contributed by atoms with Crippen LogP contribution in [0.15, 0.2) is 31.8 Å². The van der Waals surface area contributed by atoms with Crippen LogP contribution in [0.1, 0.15) is 16.7 Å². The van der Waals surface area contributed by atoms with Crippen molar-refractivity contribution in [3.63, 3.8) is 0 Å². The molecule has 0 spiro atoms. The Labute approximate surface area is 123 Å². The average Bonchev–Trinajstić information content (AvgIpc) is 2.62. The highest BCUT2D eigenvalue weighted by molar-refractivity contribution is 9.11. The first-order valence-corrected chi connectivity index (χ1v) is 7.76. The van der Waals surface area contributed by atoms with E-state index < -0.39 is 0 Å². The van der Waals surface area contributed by atoms with Gasteiger partial charge < -0.3 is 5.32 Å². The van der Waals surface area contributed by atoms with Crippen LogP contribution in [0.25, 0.3) is 0 Å². The van der Waals surface area contributed by atoms with E-state index in [-0.39, 0.29) is 0 Å². The highest BCUT2D eigenvalue weighted by Crippen LogP contribution is 2.26. The molecule has 0 amide bonds. The summed E-state index contributed by atoms with van der Waals surface area (Å²) in [6.07, 6.45) is 0. The van der Waals surface area contributed by atoms with Gasteiger partial charge in [0.15, 0.2) is 0 Å². The van der Waals surface area contributed by atoms with Gasteiger partial charge >= 0.3 is 0 Å². The van der Waals surface area contributed by atoms with E-state index in [4.69, 9.17) is 0 Å². The van der Waals surface area contributed by atoms with E-state index in [0.29, 0.717) is 0 Å². The van der Waals surface area contributed by atoms with Crippen LogP contribution in [-0.4, -0.2) is 0 Å². The summed E-state index contributed by atoms with van der Waals surface area (Å²) in [4.78, 5) is 0. The molecule has 0 radical (unpaired) electrons. The molecule has 0 saturated carbocycles. The van der Waals surface area contributed by atoms with Crippen molar-refractivity contribution in [3.8, 4) is 0 Å². The van der Waals surface area contributed by atoms with Crippen molar-refractivity contribution >= 4 is 48.9 Å². The molecule has 1 heterocycles. The second-order valence-electron chi connectivity index (χ2n) is 4.03. The lowest BCUT2D eigenvalue weighted by molar-refractivity contribution is 1.14. The number of rotatable bonds is 3. The molecular weight excluding hydrogens is 362 g/mol. The van der Waals surface area contributed by atoms with Crippen molar-refractivity contribution in [2.75, 3.05) is 5.32 Å². The minimum Gasteiger partial charge on any atom is -0.381 e. The average molecular weight is 375 g/mol. The Morgan fingerprint density at radius 1 is 1.12 bits per heavy atom. The maximum atomic E-state index is 3.51. The molecule has 2 rings (SSSR count). The number of hydrogen-bond acceptors (Lipinski definition) is 2. The minimum absolute atomic E-state index is 0.866. The van der Waals surface area contributed by atoms with Crippen LogP contribution >= 0.6 is 43.2 Å². The van der Waals surface area contributed by atoms with Crippen LogP contribution in [0.2, 0.25) is 0 Å². The number of anilines is 1. The van der Waals surface area contributed by atoms with Crippen molar-refractivity contribution in [1.29, 1.82) is 0 Å². The van der Waals surface area contributed by atoms with Crippen molar-refractivity contribution in [2.24, 2.45) is 0 Å². The molecule has 4 heteroatoms. The molecule has 2 aromatic rings. The summed E-state index contributed by atoms with van der Waals surface area (Å²) in [6.45, 7) is 5.12.